The van der Waals surface area contributed by atoms with Crippen molar-refractivity contribution in [3.05, 3.63) is 102 Å². The van der Waals surface area contributed by atoms with Crippen LogP contribution in [0.3, 0.4) is 0 Å². The van der Waals surface area contributed by atoms with Crippen molar-refractivity contribution in [3.63, 3.8) is 0 Å². The molecular formula is C25H26N2O4. The number of carbonyl (C=O) groups is 2. The van der Waals surface area contributed by atoms with Gasteiger partial charge in [0.25, 0.3) is 5.91 Å². The van der Waals surface area contributed by atoms with E-state index in [9.17, 15) is 9.59 Å². The molecule has 0 aliphatic carbocycles. The summed E-state index contributed by atoms with van der Waals surface area (Å²) < 4.78 is 5.44. The summed E-state index contributed by atoms with van der Waals surface area (Å²) in [6.07, 6.45) is -0.992. The lowest BCUT2D eigenvalue weighted by molar-refractivity contribution is -0.129. The number of rotatable bonds is 9. The number of hydrogen-bond donors (Lipinski definition) is 3. The smallest absolute Gasteiger partial charge is 0.341 e. The van der Waals surface area contributed by atoms with Crippen LogP contribution in [-0.2, 0) is 9.53 Å². The standard InChI is InChI=1S/C25H26N2O4/c1-18(31-25(30)21-14-8-9-15-22(21)26-16-17-28)24(29)27-23(19-10-4-2-5-11-19)20-12-6-3-7-13-20/h2-15,18,23,26,28H,16-17H2,1H3,(H,27,29)/t18-/m1/s1. The topological polar surface area (TPSA) is 87.7 Å². The first kappa shape index (κ1) is 22.1. The Kier molecular flexibility index (Phi) is 7.79. The Labute approximate surface area is 181 Å². The van der Waals surface area contributed by atoms with E-state index in [2.05, 4.69) is 10.6 Å². The van der Waals surface area contributed by atoms with Crippen LogP contribution in [0.15, 0.2) is 84.9 Å². The molecule has 31 heavy (non-hydrogen) atoms. The van der Waals surface area contributed by atoms with E-state index in [1.54, 1.807) is 31.2 Å². The molecule has 0 bridgehead atoms. The molecule has 0 saturated carbocycles. The van der Waals surface area contributed by atoms with Crippen molar-refractivity contribution in [1.82, 2.24) is 5.32 Å². The Morgan fingerprint density at radius 2 is 1.42 bits per heavy atom. The van der Waals surface area contributed by atoms with Crippen LogP contribution in [0.1, 0.15) is 34.5 Å². The Morgan fingerprint density at radius 3 is 2.00 bits per heavy atom. The second kappa shape index (κ2) is 10.9. The number of esters is 1. The minimum atomic E-state index is -0.992. The molecule has 3 N–H and O–H groups in total. The second-order valence-electron chi connectivity index (χ2n) is 7.01. The molecule has 0 spiro atoms. The fourth-order valence-electron chi connectivity index (χ4n) is 3.19. The van der Waals surface area contributed by atoms with Crippen LogP contribution in [-0.4, -0.2) is 36.2 Å². The summed E-state index contributed by atoms with van der Waals surface area (Å²) in [7, 11) is 0. The molecule has 160 valence electrons. The number of anilines is 1. The van der Waals surface area contributed by atoms with Crippen molar-refractivity contribution in [2.75, 3.05) is 18.5 Å². The zero-order valence-corrected chi connectivity index (χ0v) is 17.3. The van der Waals surface area contributed by atoms with Crippen molar-refractivity contribution in [3.8, 4) is 0 Å². The second-order valence-corrected chi connectivity index (χ2v) is 7.01. The third kappa shape index (κ3) is 5.93. The first-order valence-corrected chi connectivity index (χ1v) is 10.1. The average molecular weight is 418 g/mol. The van der Waals surface area contributed by atoms with Gasteiger partial charge in [0.15, 0.2) is 6.10 Å². The zero-order valence-electron chi connectivity index (χ0n) is 17.3. The highest BCUT2D eigenvalue weighted by atomic mass is 16.5. The molecule has 6 heteroatoms. The van der Waals surface area contributed by atoms with Gasteiger partial charge in [-0.3, -0.25) is 4.79 Å². The van der Waals surface area contributed by atoms with Gasteiger partial charge >= 0.3 is 5.97 Å². The van der Waals surface area contributed by atoms with E-state index >= 15 is 0 Å². The van der Waals surface area contributed by atoms with Crippen LogP contribution < -0.4 is 10.6 Å². The Bertz CT molecular complexity index is 953. The maximum Gasteiger partial charge on any atom is 0.341 e. The van der Waals surface area contributed by atoms with E-state index in [-0.39, 0.29) is 12.6 Å². The zero-order chi connectivity index (χ0) is 22.1. The first-order chi connectivity index (χ1) is 15.1. The van der Waals surface area contributed by atoms with Crippen LogP contribution in [0.25, 0.3) is 0 Å². The Morgan fingerprint density at radius 1 is 0.871 bits per heavy atom. The van der Waals surface area contributed by atoms with Crippen LogP contribution in [0.5, 0.6) is 0 Å². The van der Waals surface area contributed by atoms with E-state index in [0.717, 1.165) is 11.1 Å². The lowest BCUT2D eigenvalue weighted by Crippen LogP contribution is -2.38. The summed E-state index contributed by atoms with van der Waals surface area (Å²) in [5, 5.41) is 15.0. The summed E-state index contributed by atoms with van der Waals surface area (Å²) in [5.74, 6) is -1.01. The van der Waals surface area contributed by atoms with E-state index in [0.29, 0.717) is 17.8 Å². The predicted octanol–water partition coefficient (Wildman–Crippen LogP) is 3.54. The average Bonchev–Trinajstić information content (AvgIpc) is 2.82. The molecular weight excluding hydrogens is 392 g/mol. The quantitative estimate of drug-likeness (QED) is 0.463. The van der Waals surface area contributed by atoms with Crippen LogP contribution >= 0.6 is 0 Å². The Hall–Kier alpha value is -3.64. The van der Waals surface area contributed by atoms with Crippen LogP contribution in [0.2, 0.25) is 0 Å². The van der Waals surface area contributed by atoms with Gasteiger partial charge in [0.1, 0.15) is 0 Å². The number of hydrogen-bond acceptors (Lipinski definition) is 5. The van der Waals surface area contributed by atoms with Gasteiger partial charge in [-0.1, -0.05) is 72.8 Å². The minimum Gasteiger partial charge on any atom is -0.449 e. The SMILES string of the molecule is C[C@@H](OC(=O)c1ccccc1NCCO)C(=O)NC(c1ccccc1)c1ccccc1. The van der Waals surface area contributed by atoms with Gasteiger partial charge in [-0.15, -0.1) is 0 Å². The number of para-hydroxylation sites is 1. The highest BCUT2D eigenvalue weighted by molar-refractivity contribution is 5.97. The summed E-state index contributed by atoms with van der Waals surface area (Å²) in [5.41, 5.74) is 2.71. The molecule has 0 unspecified atom stereocenters. The first-order valence-electron chi connectivity index (χ1n) is 10.1. The molecule has 0 aliphatic rings. The molecule has 0 saturated heterocycles. The van der Waals surface area contributed by atoms with Gasteiger partial charge in [0.2, 0.25) is 0 Å². The van der Waals surface area contributed by atoms with Crippen molar-refractivity contribution in [2.45, 2.75) is 19.1 Å². The number of carbonyl (C=O) groups excluding carboxylic acids is 2. The van der Waals surface area contributed by atoms with Gasteiger partial charge in [-0.25, -0.2) is 4.79 Å². The van der Waals surface area contributed by atoms with Crippen LogP contribution in [0, 0.1) is 0 Å². The molecule has 3 rings (SSSR count). The largest absolute Gasteiger partial charge is 0.449 e. The van der Waals surface area contributed by atoms with Gasteiger partial charge in [-0.2, -0.15) is 0 Å². The monoisotopic (exact) mass is 418 g/mol. The fourth-order valence-corrected chi connectivity index (χ4v) is 3.19. The van der Waals surface area contributed by atoms with Gasteiger partial charge in [0, 0.05) is 12.2 Å². The van der Waals surface area contributed by atoms with E-state index in [1.807, 2.05) is 60.7 Å². The maximum absolute atomic E-state index is 12.9. The molecule has 1 amide bonds. The highest BCUT2D eigenvalue weighted by Crippen LogP contribution is 2.22. The molecule has 0 aromatic heterocycles. The lowest BCUT2D eigenvalue weighted by Gasteiger charge is -2.22. The summed E-state index contributed by atoms with van der Waals surface area (Å²) >= 11 is 0. The molecule has 0 aliphatic heterocycles. The number of benzene rings is 3. The fraction of sp³-hybridized carbons (Fsp3) is 0.200. The molecule has 3 aromatic rings. The third-order valence-electron chi connectivity index (χ3n) is 4.78. The number of aliphatic hydroxyl groups is 1. The van der Waals surface area contributed by atoms with Crippen molar-refractivity contribution in [2.24, 2.45) is 0 Å². The normalized spacial score (nSPS) is 11.6. The highest BCUT2D eigenvalue weighted by Gasteiger charge is 2.24. The summed E-state index contributed by atoms with van der Waals surface area (Å²) in [6, 6.07) is 25.7. The molecule has 1 atom stereocenters. The summed E-state index contributed by atoms with van der Waals surface area (Å²) in [6.45, 7) is 1.78. The van der Waals surface area contributed by atoms with Gasteiger partial charge in [0.05, 0.1) is 18.2 Å². The maximum atomic E-state index is 12.9. The molecule has 0 fully saturated rings. The lowest BCUT2D eigenvalue weighted by atomic mass is 9.98. The predicted molar refractivity (Wildman–Crippen MR) is 120 cm³/mol. The van der Waals surface area contributed by atoms with Crippen molar-refractivity contribution < 1.29 is 19.4 Å². The number of ether oxygens (including phenoxy) is 1. The molecule has 3 aromatic carbocycles. The van der Waals surface area contributed by atoms with Crippen molar-refractivity contribution in [1.29, 1.82) is 0 Å². The van der Waals surface area contributed by atoms with E-state index in [4.69, 9.17) is 9.84 Å². The van der Waals surface area contributed by atoms with Crippen molar-refractivity contribution >= 4 is 17.6 Å². The molecule has 0 heterocycles. The third-order valence-corrected chi connectivity index (χ3v) is 4.78. The minimum absolute atomic E-state index is 0.0669. The van der Waals surface area contributed by atoms with Crippen LogP contribution in [0.4, 0.5) is 5.69 Å². The number of aliphatic hydroxyl groups excluding tert-OH is 1. The molecule has 0 radical (unpaired) electrons. The molecule has 6 nitrogen and oxygen atoms in total. The Balaban J connectivity index is 1.72. The van der Waals surface area contributed by atoms with E-state index < -0.39 is 18.0 Å². The van der Waals surface area contributed by atoms with Gasteiger partial charge in [-0.05, 0) is 30.2 Å². The number of amides is 1. The van der Waals surface area contributed by atoms with Gasteiger partial charge < -0.3 is 20.5 Å². The number of nitrogens with one attached hydrogen (secondary N) is 2. The van der Waals surface area contributed by atoms with E-state index in [1.165, 1.54) is 0 Å². The summed E-state index contributed by atoms with van der Waals surface area (Å²) in [4.78, 5) is 25.6.